The number of aliphatic carboxylic acids is 1. The van der Waals surface area contributed by atoms with E-state index in [-0.39, 0.29) is 24.8 Å². The summed E-state index contributed by atoms with van der Waals surface area (Å²) in [6, 6.07) is 1.90. The molecule has 2 aromatic rings. The summed E-state index contributed by atoms with van der Waals surface area (Å²) in [4.78, 5) is 27.3. The summed E-state index contributed by atoms with van der Waals surface area (Å²) in [6.07, 6.45) is 1.04. The van der Waals surface area contributed by atoms with E-state index in [4.69, 9.17) is 9.63 Å². The van der Waals surface area contributed by atoms with Gasteiger partial charge in [-0.2, -0.15) is 16.3 Å². The van der Waals surface area contributed by atoms with Gasteiger partial charge in [0.15, 0.2) is 0 Å². The van der Waals surface area contributed by atoms with Gasteiger partial charge in [0.05, 0.1) is 5.92 Å². The average Bonchev–Trinajstić information content (AvgIpc) is 3.19. The van der Waals surface area contributed by atoms with Gasteiger partial charge in [0.2, 0.25) is 17.6 Å². The Hall–Kier alpha value is -2.22. The van der Waals surface area contributed by atoms with Crippen LogP contribution >= 0.6 is 11.3 Å². The second kappa shape index (κ2) is 8.58. The van der Waals surface area contributed by atoms with E-state index in [2.05, 4.69) is 15.5 Å². The molecule has 0 aliphatic rings. The van der Waals surface area contributed by atoms with E-state index in [9.17, 15) is 9.59 Å². The molecule has 0 saturated carbocycles. The van der Waals surface area contributed by atoms with Crippen LogP contribution in [0.1, 0.15) is 32.6 Å². The molecule has 7 nitrogen and oxygen atoms in total. The number of hydrogen-bond acceptors (Lipinski definition) is 6. The van der Waals surface area contributed by atoms with Crippen LogP contribution in [-0.4, -0.2) is 33.7 Å². The number of nitrogens with zero attached hydrogens (tertiary/aromatic N) is 2. The summed E-state index contributed by atoms with van der Waals surface area (Å²) in [6.45, 7) is 4.05. The summed E-state index contributed by atoms with van der Waals surface area (Å²) < 4.78 is 5.12. The van der Waals surface area contributed by atoms with Crippen LogP contribution in [0.3, 0.4) is 0 Å². The molecule has 1 amide bonds. The molecule has 0 fully saturated rings. The maximum Gasteiger partial charge on any atom is 0.308 e. The predicted molar refractivity (Wildman–Crippen MR) is 89.5 cm³/mol. The number of carboxylic acid groups (broad SMARTS) is 1. The van der Waals surface area contributed by atoms with E-state index in [1.807, 2.05) is 30.7 Å². The Morgan fingerprint density at radius 1 is 1.42 bits per heavy atom. The Balaban J connectivity index is 1.77. The van der Waals surface area contributed by atoms with Crippen LogP contribution in [0.5, 0.6) is 0 Å². The molecular weight excluding hydrogens is 330 g/mol. The summed E-state index contributed by atoms with van der Waals surface area (Å²) >= 11 is 1.54. The normalized spacial score (nSPS) is 12.3. The lowest BCUT2D eigenvalue weighted by Crippen LogP contribution is -2.33. The smallest absolute Gasteiger partial charge is 0.308 e. The monoisotopic (exact) mass is 351 g/mol. The van der Waals surface area contributed by atoms with Gasteiger partial charge < -0.3 is 14.9 Å². The minimum absolute atomic E-state index is 0.135. The zero-order valence-electron chi connectivity index (χ0n) is 13.7. The number of rotatable bonds is 9. The van der Waals surface area contributed by atoms with Crippen molar-refractivity contribution in [1.82, 2.24) is 15.5 Å². The third-order valence-electron chi connectivity index (χ3n) is 3.46. The largest absolute Gasteiger partial charge is 0.481 e. The second-order valence-corrected chi connectivity index (χ2v) is 6.77. The maximum atomic E-state index is 11.9. The zero-order chi connectivity index (χ0) is 17.5. The molecule has 1 atom stereocenters. The highest BCUT2D eigenvalue weighted by molar-refractivity contribution is 7.08. The minimum atomic E-state index is -0.888. The van der Waals surface area contributed by atoms with Crippen molar-refractivity contribution in [2.24, 2.45) is 11.8 Å². The van der Waals surface area contributed by atoms with E-state index in [1.165, 1.54) is 0 Å². The van der Waals surface area contributed by atoms with Gasteiger partial charge in [-0.3, -0.25) is 9.59 Å². The zero-order valence-corrected chi connectivity index (χ0v) is 14.5. The van der Waals surface area contributed by atoms with Gasteiger partial charge in [-0.15, -0.1) is 0 Å². The molecule has 24 heavy (non-hydrogen) atoms. The number of carbonyl (C=O) groups is 2. The number of carbonyl (C=O) groups excluding carboxylic acids is 1. The number of aromatic nitrogens is 2. The van der Waals surface area contributed by atoms with E-state index in [0.29, 0.717) is 24.6 Å². The molecule has 0 spiro atoms. The molecule has 2 rings (SSSR count). The fourth-order valence-electron chi connectivity index (χ4n) is 2.25. The molecule has 1 unspecified atom stereocenters. The molecule has 8 heteroatoms. The first-order valence-electron chi connectivity index (χ1n) is 7.80. The molecule has 2 aromatic heterocycles. The van der Waals surface area contributed by atoms with Crippen LogP contribution in [0.15, 0.2) is 21.3 Å². The first-order valence-corrected chi connectivity index (χ1v) is 8.74. The van der Waals surface area contributed by atoms with Crippen LogP contribution in [0.4, 0.5) is 0 Å². The molecular formula is C16H21N3O4S. The quantitative estimate of drug-likeness (QED) is 0.719. The maximum absolute atomic E-state index is 11.9. The van der Waals surface area contributed by atoms with Gasteiger partial charge in [-0.25, -0.2) is 0 Å². The van der Waals surface area contributed by atoms with Crippen molar-refractivity contribution in [3.8, 4) is 11.4 Å². The molecule has 130 valence electrons. The van der Waals surface area contributed by atoms with Crippen LogP contribution in [-0.2, 0) is 16.0 Å². The number of carboxylic acids is 1. The highest BCUT2D eigenvalue weighted by atomic mass is 32.1. The van der Waals surface area contributed by atoms with Crippen molar-refractivity contribution in [3.63, 3.8) is 0 Å². The summed E-state index contributed by atoms with van der Waals surface area (Å²) in [5.74, 6) is -0.515. The number of aryl methyl sites for hydroxylation is 1. The highest BCUT2D eigenvalue weighted by Crippen LogP contribution is 2.19. The van der Waals surface area contributed by atoms with Gasteiger partial charge >= 0.3 is 5.97 Å². The van der Waals surface area contributed by atoms with Crippen molar-refractivity contribution in [2.45, 2.75) is 33.1 Å². The fourth-order valence-corrected chi connectivity index (χ4v) is 2.89. The van der Waals surface area contributed by atoms with Gasteiger partial charge in [-0.1, -0.05) is 19.0 Å². The highest BCUT2D eigenvalue weighted by Gasteiger charge is 2.20. The second-order valence-electron chi connectivity index (χ2n) is 5.99. The van der Waals surface area contributed by atoms with Crippen LogP contribution in [0, 0.1) is 11.8 Å². The molecule has 0 radical (unpaired) electrons. The van der Waals surface area contributed by atoms with Crippen LogP contribution in [0.25, 0.3) is 11.4 Å². The molecule has 2 heterocycles. The number of hydrogen-bond donors (Lipinski definition) is 2. The van der Waals surface area contributed by atoms with E-state index < -0.39 is 11.9 Å². The molecule has 0 bridgehead atoms. The molecule has 2 N–H and O–H groups in total. The molecule has 0 aromatic carbocycles. The summed E-state index contributed by atoms with van der Waals surface area (Å²) in [5, 5.41) is 19.5. The minimum Gasteiger partial charge on any atom is -0.481 e. The lowest BCUT2D eigenvalue weighted by Gasteiger charge is -2.15. The molecule has 0 aliphatic heterocycles. The van der Waals surface area contributed by atoms with Gasteiger partial charge in [0.25, 0.3) is 0 Å². The van der Waals surface area contributed by atoms with Crippen molar-refractivity contribution < 1.29 is 19.2 Å². The third-order valence-corrected chi connectivity index (χ3v) is 4.15. The van der Waals surface area contributed by atoms with Crippen LogP contribution < -0.4 is 5.32 Å². The number of amides is 1. The Morgan fingerprint density at radius 2 is 2.21 bits per heavy atom. The van der Waals surface area contributed by atoms with E-state index >= 15 is 0 Å². The molecule has 0 saturated heterocycles. The van der Waals surface area contributed by atoms with Crippen molar-refractivity contribution >= 4 is 23.2 Å². The molecule has 0 aliphatic carbocycles. The van der Waals surface area contributed by atoms with Crippen molar-refractivity contribution in [1.29, 1.82) is 0 Å². The van der Waals surface area contributed by atoms with Gasteiger partial charge in [-0.05, 0) is 23.8 Å². The third kappa shape index (κ3) is 5.45. The topological polar surface area (TPSA) is 105 Å². The SMILES string of the molecule is CC(C)CC(CNC(=O)CCc1nc(-c2ccsc2)no1)C(=O)O. The standard InChI is InChI=1S/C16H21N3O4S/c1-10(2)7-12(16(21)22)8-17-13(20)3-4-14-18-15(19-23-14)11-5-6-24-9-11/h5-6,9-10,12H,3-4,7-8H2,1-2H3,(H,17,20)(H,21,22). The fraction of sp³-hybridized carbons (Fsp3) is 0.500. The Morgan fingerprint density at radius 3 is 2.83 bits per heavy atom. The van der Waals surface area contributed by atoms with E-state index in [0.717, 1.165) is 5.56 Å². The first-order chi connectivity index (χ1) is 11.5. The van der Waals surface area contributed by atoms with Crippen molar-refractivity contribution in [3.05, 3.63) is 22.7 Å². The van der Waals surface area contributed by atoms with Crippen LogP contribution in [0.2, 0.25) is 0 Å². The lowest BCUT2D eigenvalue weighted by atomic mass is 9.97. The van der Waals surface area contributed by atoms with Crippen molar-refractivity contribution in [2.75, 3.05) is 6.54 Å². The predicted octanol–water partition coefficient (Wildman–Crippen LogP) is 2.59. The van der Waals surface area contributed by atoms with Gasteiger partial charge in [0, 0.05) is 30.3 Å². The summed E-state index contributed by atoms with van der Waals surface area (Å²) in [7, 11) is 0. The Bertz CT molecular complexity index is 667. The Labute approximate surface area is 144 Å². The summed E-state index contributed by atoms with van der Waals surface area (Å²) in [5.41, 5.74) is 0.887. The first kappa shape index (κ1) is 18.1. The average molecular weight is 351 g/mol. The van der Waals surface area contributed by atoms with E-state index in [1.54, 1.807) is 11.3 Å². The number of thiophene rings is 1. The number of nitrogens with one attached hydrogen (secondary N) is 1. The van der Waals surface area contributed by atoms with Gasteiger partial charge in [0.1, 0.15) is 0 Å². The lowest BCUT2D eigenvalue weighted by molar-refractivity contribution is -0.142. The Kier molecular flexibility index (Phi) is 6.48.